The molecule has 0 saturated carbocycles. The van der Waals surface area contributed by atoms with Crippen molar-refractivity contribution >= 4 is 56.1 Å². The molecule has 1 aliphatic heterocycles. The first-order valence-electron chi connectivity index (χ1n) is 11.8. The number of halogens is 2. The van der Waals surface area contributed by atoms with Gasteiger partial charge in [-0.3, -0.25) is 9.53 Å². The normalized spacial score (nSPS) is 16.7. The van der Waals surface area contributed by atoms with Crippen molar-refractivity contribution in [1.82, 2.24) is 15.3 Å². The van der Waals surface area contributed by atoms with Gasteiger partial charge in [-0.2, -0.15) is 0 Å². The van der Waals surface area contributed by atoms with Crippen LogP contribution in [0, 0.1) is 11.6 Å². The number of urea groups is 1. The maximum atomic E-state index is 14.8. The van der Waals surface area contributed by atoms with Gasteiger partial charge in [-0.1, -0.05) is 23.5 Å². The Morgan fingerprint density at radius 1 is 1.23 bits per heavy atom. The number of anilines is 3. The van der Waals surface area contributed by atoms with E-state index in [-0.39, 0.29) is 28.2 Å². The maximum Gasteiger partial charge on any atom is 0.321 e. The third-order valence-corrected chi connectivity index (χ3v) is 9.39. The van der Waals surface area contributed by atoms with Crippen LogP contribution in [-0.2, 0) is 17.3 Å². The molecular formula is C25H24F2N6O3S3. The summed E-state index contributed by atoms with van der Waals surface area (Å²) in [6.07, 6.45) is 0.658. The minimum atomic E-state index is -0.909. The van der Waals surface area contributed by atoms with Gasteiger partial charge < -0.3 is 21.1 Å². The Hall–Kier alpha value is -3.62. The van der Waals surface area contributed by atoms with E-state index in [0.29, 0.717) is 45.8 Å². The second kappa shape index (κ2) is 11.6. The molecule has 1 aliphatic rings. The van der Waals surface area contributed by atoms with Gasteiger partial charge in [0, 0.05) is 51.9 Å². The highest BCUT2D eigenvalue weighted by Crippen LogP contribution is 2.39. The van der Waals surface area contributed by atoms with Gasteiger partial charge in [-0.25, -0.2) is 23.5 Å². The van der Waals surface area contributed by atoms with E-state index >= 15 is 0 Å². The van der Waals surface area contributed by atoms with Gasteiger partial charge in [0.1, 0.15) is 33.1 Å². The average molecular weight is 591 g/mol. The van der Waals surface area contributed by atoms with Gasteiger partial charge >= 0.3 is 6.03 Å². The highest BCUT2D eigenvalue weighted by atomic mass is 32.2. The van der Waals surface area contributed by atoms with Crippen LogP contribution in [0.3, 0.4) is 0 Å². The van der Waals surface area contributed by atoms with Gasteiger partial charge in [-0.05, 0) is 30.2 Å². The first-order chi connectivity index (χ1) is 18.8. The molecular weight excluding hydrogens is 567 g/mol. The smallest absolute Gasteiger partial charge is 0.321 e. The molecule has 204 valence electrons. The van der Waals surface area contributed by atoms with Crippen molar-refractivity contribution in [3.05, 3.63) is 59.0 Å². The third kappa shape index (κ3) is 6.34. The Morgan fingerprint density at radius 2 is 2.08 bits per heavy atom. The number of amides is 2. The van der Waals surface area contributed by atoms with Crippen molar-refractivity contribution in [2.75, 3.05) is 35.0 Å². The molecule has 5 rings (SSSR count). The summed E-state index contributed by atoms with van der Waals surface area (Å²) >= 11 is 2.36. The quantitative estimate of drug-likeness (QED) is 0.226. The molecule has 2 aromatic heterocycles. The van der Waals surface area contributed by atoms with E-state index in [4.69, 9.17) is 10.5 Å². The molecule has 14 heteroatoms. The molecule has 0 spiro atoms. The number of methoxy groups -OCH3 is 1. The Morgan fingerprint density at radius 3 is 2.85 bits per heavy atom. The Balaban J connectivity index is 1.30. The topological polar surface area (TPSA) is 131 Å². The van der Waals surface area contributed by atoms with E-state index in [1.807, 2.05) is 24.3 Å². The maximum absolute atomic E-state index is 14.8. The number of ether oxygens (including phenoxy) is 1. The van der Waals surface area contributed by atoms with Gasteiger partial charge in [-0.15, -0.1) is 11.3 Å². The van der Waals surface area contributed by atoms with Gasteiger partial charge in [0.2, 0.25) is 0 Å². The summed E-state index contributed by atoms with van der Waals surface area (Å²) in [5, 5.41) is 10.8. The number of rotatable bonds is 8. The van der Waals surface area contributed by atoms with Crippen LogP contribution < -0.4 is 26.4 Å². The monoisotopic (exact) mass is 590 g/mol. The predicted octanol–water partition coefficient (Wildman–Crippen LogP) is 5.06. The second-order valence-electron chi connectivity index (χ2n) is 8.68. The first kappa shape index (κ1) is 27.0. The fourth-order valence-corrected chi connectivity index (χ4v) is 7.21. The lowest BCUT2D eigenvalue weighted by molar-refractivity contribution is 0.249. The summed E-state index contributed by atoms with van der Waals surface area (Å²) in [4.78, 5) is 21.5. The van der Waals surface area contributed by atoms with Crippen LogP contribution in [-0.4, -0.2) is 44.9 Å². The number of benzene rings is 2. The minimum Gasteiger partial charge on any atom is -0.497 e. The summed E-state index contributed by atoms with van der Waals surface area (Å²) < 4.78 is 46.1. The SMILES string of the molecule is COc1cccc(CNc2cc(-c3csc(-c4sc(NC(=O)NC5CCS(=O)C5)nc4N)n3)c(F)cc2F)c1. The number of thiazole rings is 2. The van der Waals surface area contributed by atoms with Crippen LogP contribution >= 0.6 is 22.7 Å². The summed E-state index contributed by atoms with van der Waals surface area (Å²) in [5.74, 6) is 0.370. The molecule has 39 heavy (non-hydrogen) atoms. The number of carbonyl (C=O) groups excluding carboxylic acids is 1. The summed E-state index contributed by atoms with van der Waals surface area (Å²) in [6, 6.07) is 8.93. The molecule has 5 N–H and O–H groups in total. The lowest BCUT2D eigenvalue weighted by Crippen LogP contribution is -2.38. The summed E-state index contributed by atoms with van der Waals surface area (Å²) in [5.41, 5.74) is 7.52. The molecule has 2 unspecified atom stereocenters. The van der Waals surface area contributed by atoms with Crippen LogP contribution in [0.25, 0.3) is 21.1 Å². The number of nitrogens with two attached hydrogens (primary N) is 1. The van der Waals surface area contributed by atoms with Gasteiger partial charge in [0.15, 0.2) is 5.13 Å². The van der Waals surface area contributed by atoms with Crippen molar-refractivity contribution in [2.45, 2.75) is 19.0 Å². The molecule has 2 atom stereocenters. The van der Waals surface area contributed by atoms with Crippen molar-refractivity contribution in [3.8, 4) is 26.9 Å². The summed E-state index contributed by atoms with van der Waals surface area (Å²) in [6.45, 7) is 0.306. The summed E-state index contributed by atoms with van der Waals surface area (Å²) in [7, 11) is 0.658. The largest absolute Gasteiger partial charge is 0.497 e. The van der Waals surface area contributed by atoms with Crippen molar-refractivity contribution in [1.29, 1.82) is 0 Å². The fraction of sp³-hybridized carbons (Fsp3) is 0.240. The van der Waals surface area contributed by atoms with Crippen LogP contribution in [0.2, 0.25) is 0 Å². The number of nitrogen functional groups attached to an aromatic ring is 1. The van der Waals surface area contributed by atoms with Crippen molar-refractivity contribution in [3.63, 3.8) is 0 Å². The Bertz CT molecular complexity index is 1540. The molecule has 1 fully saturated rings. The Kier molecular flexibility index (Phi) is 8.04. The molecule has 0 radical (unpaired) electrons. The first-order valence-corrected chi connectivity index (χ1v) is 15.0. The second-order valence-corrected chi connectivity index (χ2v) is 12.2. The highest BCUT2D eigenvalue weighted by molar-refractivity contribution is 7.85. The highest BCUT2D eigenvalue weighted by Gasteiger charge is 2.24. The Labute approximate surface area is 233 Å². The van der Waals surface area contributed by atoms with E-state index in [1.165, 1.54) is 17.4 Å². The number of nitrogens with one attached hydrogen (secondary N) is 3. The van der Waals surface area contributed by atoms with E-state index in [0.717, 1.165) is 23.0 Å². The van der Waals surface area contributed by atoms with Crippen LogP contribution in [0.4, 0.5) is 30.2 Å². The van der Waals surface area contributed by atoms with Crippen LogP contribution in [0.1, 0.15) is 12.0 Å². The number of aromatic nitrogens is 2. The molecule has 3 heterocycles. The number of hydrogen-bond donors (Lipinski definition) is 4. The number of hydrogen-bond acceptors (Lipinski definition) is 9. The molecule has 2 aromatic carbocycles. The molecule has 2 amide bonds. The lowest BCUT2D eigenvalue weighted by atomic mass is 10.1. The lowest BCUT2D eigenvalue weighted by Gasteiger charge is -2.11. The minimum absolute atomic E-state index is 0.127. The molecule has 0 aliphatic carbocycles. The van der Waals surface area contributed by atoms with E-state index in [1.54, 1.807) is 12.5 Å². The number of nitrogens with zero attached hydrogens (tertiary/aromatic N) is 2. The zero-order valence-electron chi connectivity index (χ0n) is 20.6. The molecule has 4 aromatic rings. The molecule has 9 nitrogen and oxygen atoms in total. The predicted molar refractivity (Wildman–Crippen MR) is 152 cm³/mol. The number of carbonyl (C=O) groups is 1. The van der Waals surface area contributed by atoms with E-state index in [2.05, 4.69) is 25.9 Å². The zero-order valence-corrected chi connectivity index (χ0v) is 23.1. The van der Waals surface area contributed by atoms with Gasteiger partial charge in [0.05, 0.1) is 18.5 Å². The standard InChI is InChI=1S/C25H24F2N6O3S3/c1-36-15-4-2-3-13(7-15)10-29-19-8-16(17(26)9-18(19)27)20-11-37-23(31-20)21-22(28)32-25(38-21)33-24(34)30-14-5-6-39(35)12-14/h2-4,7-9,11,14,29H,5-6,10,12,28H2,1H3,(H2,30,32,33,34). The fourth-order valence-electron chi connectivity index (χ4n) is 4.00. The van der Waals surface area contributed by atoms with Crippen LogP contribution in [0.15, 0.2) is 41.8 Å². The third-order valence-electron chi connectivity index (χ3n) is 5.94. The average Bonchev–Trinajstić information content (AvgIpc) is 3.63. The van der Waals surface area contributed by atoms with Gasteiger partial charge in [0.25, 0.3) is 0 Å². The van der Waals surface area contributed by atoms with Crippen molar-refractivity contribution < 1.29 is 22.5 Å². The van der Waals surface area contributed by atoms with E-state index in [9.17, 15) is 17.8 Å². The van der Waals surface area contributed by atoms with E-state index < -0.39 is 28.5 Å². The molecule has 1 saturated heterocycles. The molecule has 0 bridgehead atoms. The zero-order chi connectivity index (χ0) is 27.5. The van der Waals surface area contributed by atoms with Crippen molar-refractivity contribution in [2.24, 2.45) is 0 Å². The van der Waals surface area contributed by atoms with Crippen LogP contribution in [0.5, 0.6) is 5.75 Å².